The van der Waals surface area contributed by atoms with Gasteiger partial charge in [-0.15, -0.1) is 0 Å². The zero-order chi connectivity index (χ0) is 18.5. The second-order valence-electron chi connectivity index (χ2n) is 7.56. The number of carbonyl (C=O) groups is 2. The molecular formula is C21H25NO4. The Hall–Kier alpha value is -1.98. The molecule has 26 heavy (non-hydrogen) atoms. The van der Waals surface area contributed by atoms with Crippen LogP contribution in [0.1, 0.15) is 45.1 Å². The fourth-order valence-electron chi connectivity index (χ4n) is 4.56. The van der Waals surface area contributed by atoms with Crippen LogP contribution in [-0.4, -0.2) is 36.1 Å². The van der Waals surface area contributed by atoms with Crippen molar-refractivity contribution in [2.45, 2.75) is 51.4 Å². The molecule has 1 unspecified atom stereocenters. The highest BCUT2D eigenvalue weighted by atomic mass is 16.5. The second-order valence-corrected chi connectivity index (χ2v) is 7.56. The number of nitrogens with zero attached hydrogens (tertiary/aromatic N) is 1. The first-order valence-electron chi connectivity index (χ1n) is 9.47. The number of para-hydroxylation sites is 1. The van der Waals surface area contributed by atoms with Crippen molar-refractivity contribution >= 4 is 17.3 Å². The Kier molecular flexibility index (Phi) is 4.24. The smallest absolute Gasteiger partial charge is 0.171 e. The predicted octanol–water partition coefficient (Wildman–Crippen LogP) is 2.72. The molecule has 138 valence electrons. The topological polar surface area (TPSA) is 66.8 Å². The van der Waals surface area contributed by atoms with Crippen molar-refractivity contribution in [3.8, 4) is 0 Å². The van der Waals surface area contributed by atoms with Crippen LogP contribution in [0.5, 0.6) is 0 Å². The van der Waals surface area contributed by atoms with Crippen LogP contribution in [0.2, 0.25) is 0 Å². The Morgan fingerprint density at radius 3 is 2.81 bits per heavy atom. The van der Waals surface area contributed by atoms with Crippen molar-refractivity contribution in [1.82, 2.24) is 0 Å². The van der Waals surface area contributed by atoms with Crippen LogP contribution in [-0.2, 0) is 19.9 Å². The molecule has 1 aromatic rings. The van der Waals surface area contributed by atoms with Crippen molar-refractivity contribution in [3.63, 3.8) is 0 Å². The first-order chi connectivity index (χ1) is 12.5. The highest BCUT2D eigenvalue weighted by Gasteiger charge is 2.55. The molecule has 3 atom stereocenters. The molecule has 0 amide bonds. The largest absolute Gasteiger partial charge is 0.380 e. The Morgan fingerprint density at radius 1 is 1.27 bits per heavy atom. The minimum Gasteiger partial charge on any atom is -0.380 e. The number of hydrogen-bond acceptors (Lipinski definition) is 5. The van der Waals surface area contributed by atoms with Gasteiger partial charge in [0.25, 0.3) is 0 Å². The van der Waals surface area contributed by atoms with Gasteiger partial charge in [-0.25, -0.2) is 0 Å². The predicted molar refractivity (Wildman–Crippen MR) is 97.8 cm³/mol. The van der Waals surface area contributed by atoms with E-state index in [1.165, 1.54) is 0 Å². The van der Waals surface area contributed by atoms with E-state index >= 15 is 0 Å². The standard InChI is InChI=1S/C21H25NO4/c1-3-4-7-14-13(2)18(23)15(19(14)24)12-22-17-9-6-5-8-16(17)21(25)10-11-26-20(21)22/h5-6,8-9,15,20,25H,3-4,7,10-12H2,1-2H3/t15?,20-,21+/m0/s1. The van der Waals surface area contributed by atoms with E-state index in [0.717, 1.165) is 24.1 Å². The molecule has 0 bridgehead atoms. The summed E-state index contributed by atoms with van der Waals surface area (Å²) in [5, 5.41) is 11.1. The SMILES string of the molecule is CCCCC1=C(C)C(=O)C(CN2c3ccccc3[C@]3(O)CCO[C@H]23)C1=O. The fourth-order valence-corrected chi connectivity index (χ4v) is 4.56. The fraction of sp³-hybridized carbons (Fsp3) is 0.524. The van der Waals surface area contributed by atoms with Gasteiger partial charge in [0.05, 0.1) is 6.61 Å². The van der Waals surface area contributed by atoms with Crippen LogP contribution >= 0.6 is 0 Å². The number of Topliss-reactive ketones (excluding diaryl/α,β-unsaturated/α-hetero) is 2. The number of fused-ring (bicyclic) bond motifs is 3. The molecule has 3 aliphatic rings. The van der Waals surface area contributed by atoms with E-state index in [-0.39, 0.29) is 18.1 Å². The first kappa shape index (κ1) is 17.4. The van der Waals surface area contributed by atoms with Crippen molar-refractivity contribution < 1.29 is 19.4 Å². The van der Waals surface area contributed by atoms with Crippen LogP contribution in [0.25, 0.3) is 0 Å². The van der Waals surface area contributed by atoms with Crippen LogP contribution in [0, 0.1) is 5.92 Å². The molecule has 2 heterocycles. The molecule has 1 saturated heterocycles. The summed E-state index contributed by atoms with van der Waals surface area (Å²) in [6.07, 6.45) is 2.57. The number of hydrogen-bond donors (Lipinski definition) is 1. The van der Waals surface area contributed by atoms with E-state index in [1.54, 1.807) is 6.92 Å². The van der Waals surface area contributed by atoms with Gasteiger partial charge in [0.2, 0.25) is 0 Å². The summed E-state index contributed by atoms with van der Waals surface area (Å²) in [5.41, 5.74) is 1.94. The monoisotopic (exact) mass is 355 g/mol. The molecule has 1 N–H and O–H groups in total. The molecule has 0 radical (unpaired) electrons. The minimum absolute atomic E-state index is 0.0492. The van der Waals surface area contributed by atoms with Gasteiger partial charge in [-0.2, -0.15) is 0 Å². The average Bonchev–Trinajstić information content (AvgIpc) is 3.19. The highest BCUT2D eigenvalue weighted by molar-refractivity contribution is 6.24. The summed E-state index contributed by atoms with van der Waals surface area (Å²) < 4.78 is 5.81. The summed E-state index contributed by atoms with van der Waals surface area (Å²) in [6.45, 7) is 4.58. The zero-order valence-electron chi connectivity index (χ0n) is 15.3. The minimum atomic E-state index is -1.06. The number of allylic oxidation sites excluding steroid dienone is 2. The maximum absolute atomic E-state index is 12.9. The number of benzene rings is 1. The molecule has 0 saturated carbocycles. The molecule has 1 aliphatic carbocycles. The van der Waals surface area contributed by atoms with E-state index in [4.69, 9.17) is 4.74 Å². The molecule has 0 aromatic heterocycles. The molecule has 1 fully saturated rings. The van der Waals surface area contributed by atoms with Gasteiger partial charge in [-0.1, -0.05) is 31.5 Å². The molecular weight excluding hydrogens is 330 g/mol. The van der Waals surface area contributed by atoms with Gasteiger partial charge >= 0.3 is 0 Å². The quantitative estimate of drug-likeness (QED) is 0.823. The van der Waals surface area contributed by atoms with E-state index in [9.17, 15) is 14.7 Å². The number of aliphatic hydroxyl groups is 1. The number of ketones is 2. The maximum atomic E-state index is 12.9. The zero-order valence-corrected chi connectivity index (χ0v) is 15.3. The van der Waals surface area contributed by atoms with Gasteiger partial charge in [0, 0.05) is 29.8 Å². The summed E-state index contributed by atoms with van der Waals surface area (Å²) >= 11 is 0. The van der Waals surface area contributed by atoms with Crippen molar-refractivity contribution in [2.24, 2.45) is 5.92 Å². The third-order valence-electron chi connectivity index (χ3n) is 6.04. The van der Waals surface area contributed by atoms with Crippen LogP contribution in [0.15, 0.2) is 35.4 Å². The normalized spacial score (nSPS) is 30.3. The molecule has 0 spiro atoms. The summed E-state index contributed by atoms with van der Waals surface area (Å²) in [6, 6.07) is 7.64. The third kappa shape index (κ3) is 2.37. The van der Waals surface area contributed by atoms with Gasteiger partial charge in [-0.3, -0.25) is 9.59 Å². The van der Waals surface area contributed by atoms with E-state index < -0.39 is 17.7 Å². The second kappa shape index (κ2) is 6.32. The lowest BCUT2D eigenvalue weighted by Gasteiger charge is -2.30. The lowest BCUT2D eigenvalue weighted by Crippen LogP contribution is -2.45. The number of anilines is 1. The lowest BCUT2D eigenvalue weighted by atomic mass is 9.93. The molecule has 1 aromatic carbocycles. The number of rotatable bonds is 5. The maximum Gasteiger partial charge on any atom is 0.171 e. The van der Waals surface area contributed by atoms with E-state index in [1.807, 2.05) is 29.2 Å². The van der Waals surface area contributed by atoms with Gasteiger partial charge in [0.15, 0.2) is 17.8 Å². The summed E-state index contributed by atoms with van der Waals surface area (Å²) in [4.78, 5) is 27.6. The van der Waals surface area contributed by atoms with E-state index in [0.29, 0.717) is 30.6 Å². The number of carbonyl (C=O) groups excluding carboxylic acids is 2. The van der Waals surface area contributed by atoms with Gasteiger partial charge in [-0.05, 0) is 31.4 Å². The Bertz CT molecular complexity index is 799. The van der Waals surface area contributed by atoms with Crippen LogP contribution < -0.4 is 4.90 Å². The van der Waals surface area contributed by atoms with Crippen molar-refractivity contribution in [1.29, 1.82) is 0 Å². The molecule has 4 rings (SSSR count). The molecule has 5 nitrogen and oxygen atoms in total. The Balaban J connectivity index is 1.62. The average molecular weight is 355 g/mol. The Morgan fingerprint density at radius 2 is 2.04 bits per heavy atom. The van der Waals surface area contributed by atoms with Crippen LogP contribution in [0.3, 0.4) is 0 Å². The van der Waals surface area contributed by atoms with Gasteiger partial charge < -0.3 is 14.7 Å². The number of unbranched alkanes of at least 4 members (excludes halogenated alkanes) is 1. The van der Waals surface area contributed by atoms with E-state index in [2.05, 4.69) is 6.92 Å². The first-order valence-corrected chi connectivity index (χ1v) is 9.47. The summed E-state index contributed by atoms with van der Waals surface area (Å²) in [5.74, 6) is -0.819. The number of ether oxygens (including phenoxy) is 1. The van der Waals surface area contributed by atoms with Crippen molar-refractivity contribution in [3.05, 3.63) is 41.0 Å². The third-order valence-corrected chi connectivity index (χ3v) is 6.04. The molecule has 5 heteroatoms. The van der Waals surface area contributed by atoms with Gasteiger partial charge in [0.1, 0.15) is 11.5 Å². The lowest BCUT2D eigenvalue weighted by molar-refractivity contribution is -0.126. The van der Waals surface area contributed by atoms with Crippen LogP contribution in [0.4, 0.5) is 5.69 Å². The molecule has 2 aliphatic heterocycles. The van der Waals surface area contributed by atoms with Crippen molar-refractivity contribution in [2.75, 3.05) is 18.1 Å². The highest BCUT2D eigenvalue weighted by Crippen LogP contribution is 2.50. The summed E-state index contributed by atoms with van der Waals surface area (Å²) in [7, 11) is 0. The Labute approximate surface area is 153 Å².